The normalized spacial score (nSPS) is 48.9. The second kappa shape index (κ2) is 2.47. The van der Waals surface area contributed by atoms with Gasteiger partial charge in [-0.2, -0.15) is 0 Å². The van der Waals surface area contributed by atoms with Crippen molar-refractivity contribution in [2.45, 2.75) is 51.1 Å². The number of rotatable bonds is 0. The van der Waals surface area contributed by atoms with Crippen LogP contribution in [0.3, 0.4) is 0 Å². The third-order valence-corrected chi connectivity index (χ3v) is 2.66. The first-order valence-corrected chi connectivity index (χ1v) is 4.81. The van der Waals surface area contributed by atoms with Crippen LogP contribution in [-0.2, 0) is 14.2 Å². The van der Waals surface area contributed by atoms with Crippen molar-refractivity contribution in [2.24, 2.45) is 0 Å². The lowest BCUT2D eigenvalue weighted by Gasteiger charge is -2.31. The zero-order valence-corrected chi connectivity index (χ0v) is 8.85. The summed E-state index contributed by atoms with van der Waals surface area (Å²) in [4.78, 5) is 0. The van der Waals surface area contributed by atoms with Gasteiger partial charge in [-0.1, -0.05) is 0 Å². The van der Waals surface area contributed by atoms with Crippen LogP contribution in [0.2, 0.25) is 0 Å². The van der Waals surface area contributed by atoms with E-state index in [9.17, 15) is 0 Å². The van der Waals surface area contributed by atoms with Crippen LogP contribution < -0.4 is 0 Å². The molecule has 2 rings (SSSR count). The van der Waals surface area contributed by atoms with Gasteiger partial charge >= 0.3 is 0 Å². The smallest absolute Gasteiger partial charge is 0.169 e. The fraction of sp³-hybridized carbons (Fsp3) is 1.00. The van der Waals surface area contributed by atoms with Crippen molar-refractivity contribution in [1.29, 1.82) is 0 Å². The van der Waals surface area contributed by atoms with E-state index in [0.29, 0.717) is 13.2 Å². The molecule has 2 heterocycles. The highest BCUT2D eigenvalue weighted by atomic mass is 16.8. The Morgan fingerprint density at radius 1 is 0.923 bits per heavy atom. The van der Waals surface area contributed by atoms with E-state index in [0.717, 1.165) is 6.42 Å². The molecule has 76 valence electrons. The van der Waals surface area contributed by atoms with E-state index in [1.165, 1.54) is 0 Å². The fourth-order valence-electron chi connectivity index (χ4n) is 2.22. The number of fused-ring (bicyclic) bond motifs is 2. The quantitative estimate of drug-likeness (QED) is 0.576. The van der Waals surface area contributed by atoms with Crippen molar-refractivity contribution in [1.82, 2.24) is 0 Å². The maximum atomic E-state index is 5.89. The van der Waals surface area contributed by atoms with Gasteiger partial charge in [0.2, 0.25) is 0 Å². The van der Waals surface area contributed by atoms with Crippen LogP contribution in [-0.4, -0.2) is 30.2 Å². The van der Waals surface area contributed by atoms with E-state index in [4.69, 9.17) is 14.2 Å². The summed E-state index contributed by atoms with van der Waals surface area (Å²) in [6.45, 7) is 9.45. The van der Waals surface area contributed by atoms with Crippen LogP contribution in [0.1, 0.15) is 34.1 Å². The van der Waals surface area contributed by atoms with Crippen molar-refractivity contribution in [3.8, 4) is 0 Å². The molecule has 2 saturated heterocycles. The molecular weight excluding hydrogens is 168 g/mol. The highest BCUT2D eigenvalue weighted by Crippen LogP contribution is 2.41. The monoisotopic (exact) mass is 186 g/mol. The fourth-order valence-corrected chi connectivity index (χ4v) is 2.22. The van der Waals surface area contributed by atoms with Crippen molar-refractivity contribution in [3.63, 3.8) is 0 Å². The second-order valence-electron chi connectivity index (χ2n) is 5.20. The average molecular weight is 186 g/mol. The summed E-state index contributed by atoms with van der Waals surface area (Å²) in [5, 5.41) is 0. The van der Waals surface area contributed by atoms with Gasteiger partial charge in [-0.15, -0.1) is 0 Å². The van der Waals surface area contributed by atoms with Gasteiger partial charge in [-0.05, 0) is 27.7 Å². The van der Waals surface area contributed by atoms with Gasteiger partial charge in [0.05, 0.1) is 18.8 Å². The molecule has 3 heteroatoms. The van der Waals surface area contributed by atoms with Crippen LogP contribution >= 0.6 is 0 Å². The molecule has 3 nitrogen and oxygen atoms in total. The zero-order valence-electron chi connectivity index (χ0n) is 8.85. The van der Waals surface area contributed by atoms with Crippen molar-refractivity contribution in [2.75, 3.05) is 13.2 Å². The first-order chi connectivity index (χ1) is 5.83. The maximum Gasteiger partial charge on any atom is 0.169 e. The third-order valence-electron chi connectivity index (χ3n) is 2.66. The molecule has 2 atom stereocenters. The van der Waals surface area contributed by atoms with Gasteiger partial charge in [0, 0.05) is 6.42 Å². The molecule has 2 aliphatic rings. The molecule has 2 fully saturated rings. The minimum absolute atomic E-state index is 0.146. The molecule has 13 heavy (non-hydrogen) atoms. The summed E-state index contributed by atoms with van der Waals surface area (Å²) in [5.41, 5.74) is -0.393. The minimum atomic E-state index is -0.450. The highest BCUT2D eigenvalue weighted by molar-refractivity contribution is 4.93. The van der Waals surface area contributed by atoms with Gasteiger partial charge in [-0.3, -0.25) is 0 Å². The van der Waals surface area contributed by atoms with E-state index in [-0.39, 0.29) is 11.2 Å². The Labute approximate surface area is 79.4 Å². The number of ether oxygens (including phenoxy) is 3. The van der Waals surface area contributed by atoms with E-state index >= 15 is 0 Å². The standard InChI is InChI=1S/C10H18O3/c1-8(2)5-10(4)12-7-9(3,13-10)6-11-8/h5-7H2,1-4H3. The topological polar surface area (TPSA) is 27.7 Å². The maximum absolute atomic E-state index is 5.89. The van der Waals surface area contributed by atoms with Crippen LogP contribution in [0, 0.1) is 0 Å². The lowest BCUT2D eigenvalue weighted by Crippen LogP contribution is -2.37. The van der Waals surface area contributed by atoms with Gasteiger partial charge in [0.25, 0.3) is 0 Å². The number of hydrogen-bond donors (Lipinski definition) is 0. The molecule has 0 aromatic heterocycles. The first-order valence-electron chi connectivity index (χ1n) is 4.81. The van der Waals surface area contributed by atoms with Crippen LogP contribution in [0.15, 0.2) is 0 Å². The predicted molar refractivity (Wildman–Crippen MR) is 48.5 cm³/mol. The molecule has 2 bridgehead atoms. The Kier molecular flexibility index (Phi) is 1.79. The second-order valence-corrected chi connectivity index (χ2v) is 5.20. The molecule has 2 aliphatic heterocycles. The van der Waals surface area contributed by atoms with E-state index in [1.807, 2.05) is 13.8 Å². The average Bonchev–Trinajstić information content (AvgIpc) is 2.18. The summed E-state index contributed by atoms with van der Waals surface area (Å²) in [6, 6.07) is 0. The summed E-state index contributed by atoms with van der Waals surface area (Å²) < 4.78 is 17.4. The lowest BCUT2D eigenvalue weighted by molar-refractivity contribution is -0.175. The van der Waals surface area contributed by atoms with Gasteiger partial charge < -0.3 is 14.2 Å². The Morgan fingerprint density at radius 2 is 1.54 bits per heavy atom. The van der Waals surface area contributed by atoms with Crippen LogP contribution in [0.5, 0.6) is 0 Å². The first kappa shape index (κ1) is 9.44. The molecule has 2 unspecified atom stereocenters. The highest BCUT2D eigenvalue weighted by Gasteiger charge is 2.51. The Morgan fingerprint density at radius 3 is 2.23 bits per heavy atom. The molecule has 0 aliphatic carbocycles. The van der Waals surface area contributed by atoms with E-state index in [2.05, 4.69) is 13.8 Å². The predicted octanol–water partition coefficient (Wildman–Crippen LogP) is 1.71. The lowest BCUT2D eigenvalue weighted by atomic mass is 9.99. The zero-order chi connectivity index (χ0) is 9.74. The van der Waals surface area contributed by atoms with E-state index < -0.39 is 5.79 Å². The van der Waals surface area contributed by atoms with Crippen molar-refractivity contribution >= 4 is 0 Å². The van der Waals surface area contributed by atoms with Crippen molar-refractivity contribution in [3.05, 3.63) is 0 Å². The molecular formula is C10H18O3. The van der Waals surface area contributed by atoms with Crippen LogP contribution in [0.4, 0.5) is 0 Å². The van der Waals surface area contributed by atoms with E-state index in [1.54, 1.807) is 0 Å². The summed E-state index contributed by atoms with van der Waals surface area (Å²) in [5.74, 6) is -0.450. The summed E-state index contributed by atoms with van der Waals surface area (Å²) in [7, 11) is 0. The largest absolute Gasteiger partial charge is 0.372 e. The van der Waals surface area contributed by atoms with Crippen molar-refractivity contribution < 1.29 is 14.2 Å². The van der Waals surface area contributed by atoms with Gasteiger partial charge in [0.1, 0.15) is 5.60 Å². The summed E-state index contributed by atoms with van der Waals surface area (Å²) in [6.07, 6.45) is 0.787. The van der Waals surface area contributed by atoms with Crippen LogP contribution in [0.25, 0.3) is 0 Å². The molecule has 0 radical (unpaired) electrons. The molecule has 0 saturated carbocycles. The molecule has 0 amide bonds. The minimum Gasteiger partial charge on any atom is -0.372 e. The molecule has 0 aromatic rings. The molecule has 0 N–H and O–H groups in total. The van der Waals surface area contributed by atoms with Gasteiger partial charge in [-0.25, -0.2) is 0 Å². The molecule has 0 aromatic carbocycles. The Bertz CT molecular complexity index is 226. The third kappa shape index (κ3) is 1.73. The number of hydrogen-bond acceptors (Lipinski definition) is 3. The SMILES string of the molecule is CC1(C)CC2(C)OCC(C)(CO1)O2. The Balaban J connectivity index is 2.24. The van der Waals surface area contributed by atoms with Gasteiger partial charge in [0.15, 0.2) is 5.79 Å². The Hall–Kier alpha value is -0.120. The summed E-state index contributed by atoms with van der Waals surface area (Å²) >= 11 is 0. The molecule has 0 spiro atoms.